The number of nitrogens with zero attached hydrogens (tertiary/aromatic N) is 7. The molecule has 2 aliphatic heterocycles. The van der Waals surface area contributed by atoms with Crippen LogP contribution in [0, 0.1) is 19.3 Å². The van der Waals surface area contributed by atoms with Gasteiger partial charge in [-0.25, -0.2) is 4.98 Å². The summed E-state index contributed by atoms with van der Waals surface area (Å²) in [4.78, 5) is 10.1. The average molecular weight is 518 g/mol. The molecular formula is C30H43N7O. The molecule has 38 heavy (non-hydrogen) atoms. The molecule has 8 nitrogen and oxygen atoms in total. The van der Waals surface area contributed by atoms with E-state index in [1.165, 1.54) is 61.2 Å². The maximum Gasteiger partial charge on any atom is 0.159 e. The summed E-state index contributed by atoms with van der Waals surface area (Å²) in [5.74, 6) is 0. The van der Waals surface area contributed by atoms with Crippen molar-refractivity contribution in [3.8, 4) is 0 Å². The lowest BCUT2D eigenvalue weighted by molar-refractivity contribution is -0.138. The molecule has 4 fully saturated rings. The second kappa shape index (κ2) is 8.78. The molecule has 5 aliphatic rings. The molecule has 5 heterocycles. The highest BCUT2D eigenvalue weighted by Crippen LogP contribution is 2.56. The van der Waals surface area contributed by atoms with Gasteiger partial charge in [-0.1, -0.05) is 0 Å². The summed E-state index contributed by atoms with van der Waals surface area (Å²) >= 11 is 0. The fourth-order valence-corrected chi connectivity index (χ4v) is 8.32. The van der Waals surface area contributed by atoms with Gasteiger partial charge in [0.2, 0.25) is 0 Å². The summed E-state index contributed by atoms with van der Waals surface area (Å²) in [6.45, 7) is 14.0. The van der Waals surface area contributed by atoms with Crippen molar-refractivity contribution in [2.45, 2.75) is 103 Å². The van der Waals surface area contributed by atoms with Crippen LogP contribution in [-0.2, 0) is 31.3 Å². The van der Waals surface area contributed by atoms with Crippen LogP contribution in [-0.4, -0.2) is 66.8 Å². The van der Waals surface area contributed by atoms with Crippen molar-refractivity contribution in [1.29, 1.82) is 0 Å². The number of aryl methyl sites for hydroxylation is 3. The molecule has 3 aromatic heterocycles. The van der Waals surface area contributed by atoms with Crippen molar-refractivity contribution in [1.82, 2.24) is 29.4 Å². The molecule has 0 aromatic carbocycles. The van der Waals surface area contributed by atoms with E-state index < -0.39 is 0 Å². The van der Waals surface area contributed by atoms with E-state index in [-0.39, 0.29) is 0 Å². The number of pyridine rings is 1. The summed E-state index contributed by atoms with van der Waals surface area (Å²) in [6, 6.07) is 2.22. The Balaban J connectivity index is 1.09. The zero-order valence-corrected chi connectivity index (χ0v) is 23.8. The van der Waals surface area contributed by atoms with Gasteiger partial charge < -0.3 is 9.64 Å². The Hall–Kier alpha value is -2.45. The first-order chi connectivity index (χ1) is 18.2. The third-order valence-electron chi connectivity index (χ3n) is 10.4. The minimum absolute atomic E-state index is 0.352. The quantitative estimate of drug-likeness (QED) is 0.506. The molecule has 0 N–H and O–H groups in total. The second-order valence-electron chi connectivity index (χ2n) is 13.0. The number of hydrogen-bond donors (Lipinski definition) is 0. The second-order valence-corrected chi connectivity index (χ2v) is 13.0. The number of morpholine rings is 1. The maximum atomic E-state index is 6.06. The molecule has 2 bridgehead atoms. The largest absolute Gasteiger partial charge is 0.373 e. The van der Waals surface area contributed by atoms with Crippen LogP contribution in [0.1, 0.15) is 75.0 Å². The Morgan fingerprint density at radius 1 is 1.03 bits per heavy atom. The average Bonchev–Trinajstić information content (AvgIpc) is 3.42. The molecule has 8 rings (SSSR count). The third-order valence-corrected chi connectivity index (χ3v) is 10.4. The SMILES string of the molecule is Cc1cc(N2CCc3c(c(C)nn3CC34CCC(N5C[C@@H](C)O[C@H](C)C5)(CC3)CC4)C2)c2cnn(C)c2n1. The molecule has 0 spiro atoms. The number of ether oxygens (including phenoxy) is 1. The van der Waals surface area contributed by atoms with Gasteiger partial charge in [-0.05, 0) is 77.7 Å². The maximum absolute atomic E-state index is 6.06. The predicted molar refractivity (Wildman–Crippen MR) is 149 cm³/mol. The van der Waals surface area contributed by atoms with Crippen molar-refractivity contribution < 1.29 is 4.74 Å². The normalized spacial score (nSPS) is 31.8. The molecule has 0 radical (unpaired) electrons. The standard InChI is InChI=1S/C30H43N7O/c1-20-14-27(24-15-31-34(5)28(24)32-20)35-13-6-26-25(18-35)23(4)33-37(26)19-29-7-10-30(11-8-29,12-9-29)36-16-21(2)38-22(3)17-36/h14-15,21-22H,6-13,16-19H2,1-5H3/t21-,22-,29?,30?/m1/s1. The molecule has 2 atom stereocenters. The first-order valence-corrected chi connectivity index (χ1v) is 14.7. The molecule has 3 aromatic rings. The van der Waals surface area contributed by atoms with Crippen LogP contribution in [0.2, 0.25) is 0 Å². The van der Waals surface area contributed by atoms with Gasteiger partial charge in [0.25, 0.3) is 0 Å². The van der Waals surface area contributed by atoms with E-state index in [9.17, 15) is 0 Å². The Labute approximate surface area is 226 Å². The van der Waals surface area contributed by atoms with Gasteiger partial charge in [0.05, 0.1) is 35.2 Å². The topological polar surface area (TPSA) is 64.2 Å². The van der Waals surface area contributed by atoms with Crippen molar-refractivity contribution in [3.05, 3.63) is 34.9 Å². The molecule has 1 saturated heterocycles. The van der Waals surface area contributed by atoms with Crippen LogP contribution < -0.4 is 4.90 Å². The van der Waals surface area contributed by atoms with Crippen molar-refractivity contribution in [3.63, 3.8) is 0 Å². The summed E-state index contributed by atoms with van der Waals surface area (Å²) in [7, 11) is 1.98. The number of aromatic nitrogens is 5. The highest BCUT2D eigenvalue weighted by molar-refractivity contribution is 5.89. The lowest BCUT2D eigenvalue weighted by atomic mass is 9.56. The summed E-state index contributed by atoms with van der Waals surface area (Å²) in [5, 5.41) is 10.8. The molecule has 0 unspecified atom stereocenters. The predicted octanol–water partition coefficient (Wildman–Crippen LogP) is 4.55. The van der Waals surface area contributed by atoms with E-state index >= 15 is 0 Å². The monoisotopic (exact) mass is 517 g/mol. The van der Waals surface area contributed by atoms with Crippen LogP contribution in [0.15, 0.2) is 12.3 Å². The Morgan fingerprint density at radius 2 is 1.74 bits per heavy atom. The van der Waals surface area contributed by atoms with Crippen LogP contribution >= 0.6 is 0 Å². The lowest BCUT2D eigenvalue weighted by Crippen LogP contribution is -2.62. The van der Waals surface area contributed by atoms with Gasteiger partial charge in [0.1, 0.15) is 0 Å². The van der Waals surface area contributed by atoms with Gasteiger partial charge in [-0.15, -0.1) is 0 Å². The van der Waals surface area contributed by atoms with Gasteiger partial charge in [-0.2, -0.15) is 10.2 Å². The van der Waals surface area contributed by atoms with Crippen LogP contribution in [0.3, 0.4) is 0 Å². The molecular weight excluding hydrogens is 474 g/mol. The number of anilines is 1. The summed E-state index contributed by atoms with van der Waals surface area (Å²) in [6.07, 6.45) is 11.7. The van der Waals surface area contributed by atoms with E-state index in [4.69, 9.17) is 14.8 Å². The van der Waals surface area contributed by atoms with Gasteiger partial charge in [0, 0.05) is 68.7 Å². The van der Waals surface area contributed by atoms with Crippen molar-refractivity contribution in [2.24, 2.45) is 12.5 Å². The zero-order valence-electron chi connectivity index (χ0n) is 23.8. The third kappa shape index (κ3) is 3.89. The highest BCUT2D eigenvalue weighted by Gasteiger charge is 2.52. The van der Waals surface area contributed by atoms with E-state index in [1.54, 1.807) is 0 Å². The summed E-state index contributed by atoms with van der Waals surface area (Å²) in [5.41, 5.74) is 8.18. The van der Waals surface area contributed by atoms with Gasteiger partial charge in [-0.3, -0.25) is 14.3 Å². The van der Waals surface area contributed by atoms with Gasteiger partial charge >= 0.3 is 0 Å². The first-order valence-electron chi connectivity index (χ1n) is 14.7. The van der Waals surface area contributed by atoms with Crippen LogP contribution in [0.5, 0.6) is 0 Å². The minimum atomic E-state index is 0.352. The first kappa shape index (κ1) is 24.6. The molecule has 8 heteroatoms. The van der Waals surface area contributed by atoms with Crippen LogP contribution in [0.4, 0.5) is 5.69 Å². The lowest BCUT2D eigenvalue weighted by Gasteiger charge is -2.59. The fourth-order valence-electron chi connectivity index (χ4n) is 8.32. The Bertz CT molecular complexity index is 1340. The summed E-state index contributed by atoms with van der Waals surface area (Å²) < 4.78 is 10.4. The van der Waals surface area contributed by atoms with E-state index in [2.05, 4.69) is 53.3 Å². The Kier molecular flexibility index (Phi) is 5.68. The molecule has 3 aliphatic carbocycles. The fraction of sp³-hybridized carbons (Fsp3) is 0.700. The number of hydrogen-bond acceptors (Lipinski definition) is 6. The Morgan fingerprint density at radius 3 is 2.45 bits per heavy atom. The zero-order chi connectivity index (χ0) is 26.2. The van der Waals surface area contributed by atoms with Gasteiger partial charge in [0.15, 0.2) is 5.65 Å². The molecule has 0 amide bonds. The molecule has 3 saturated carbocycles. The molecule has 204 valence electrons. The van der Waals surface area contributed by atoms with E-state index in [1.807, 2.05) is 17.9 Å². The van der Waals surface area contributed by atoms with Crippen molar-refractivity contribution in [2.75, 3.05) is 24.5 Å². The number of rotatable bonds is 4. The minimum Gasteiger partial charge on any atom is -0.373 e. The number of fused-ring (bicyclic) bond motifs is 5. The van der Waals surface area contributed by atoms with E-state index in [0.29, 0.717) is 23.2 Å². The van der Waals surface area contributed by atoms with E-state index in [0.717, 1.165) is 55.9 Å². The highest BCUT2D eigenvalue weighted by atomic mass is 16.5. The smallest absolute Gasteiger partial charge is 0.159 e. The van der Waals surface area contributed by atoms with Crippen molar-refractivity contribution >= 4 is 16.7 Å². The van der Waals surface area contributed by atoms with Crippen LogP contribution in [0.25, 0.3) is 11.0 Å².